The fraction of sp³-hybridized carbons (Fsp3) is 0.267. The van der Waals surface area contributed by atoms with E-state index in [9.17, 15) is 5.26 Å². The number of aryl methyl sites for hydroxylation is 1. The Morgan fingerprint density at radius 1 is 1.29 bits per heavy atom. The minimum Gasteiger partial charge on any atom is -0.339 e. The van der Waals surface area contributed by atoms with Gasteiger partial charge in [-0.05, 0) is 25.0 Å². The molecule has 0 bridgehead atoms. The van der Waals surface area contributed by atoms with Crippen LogP contribution in [-0.2, 0) is 6.42 Å². The van der Waals surface area contributed by atoms with Gasteiger partial charge in [0.1, 0.15) is 24.0 Å². The topological polar surface area (TPSA) is 99.7 Å². The van der Waals surface area contributed by atoms with Crippen LogP contribution in [-0.4, -0.2) is 9.97 Å². The zero-order chi connectivity index (χ0) is 15.2. The van der Waals surface area contributed by atoms with Gasteiger partial charge in [0.2, 0.25) is 0 Å². The molecule has 0 fully saturated rings. The Hall–Kier alpha value is -2.65. The largest absolute Gasteiger partial charge is 0.339 e. The highest BCUT2D eigenvalue weighted by Crippen LogP contribution is 2.27. The Labute approximate surface area is 124 Å². The molecule has 1 aromatic heterocycles. The summed E-state index contributed by atoms with van der Waals surface area (Å²) in [5, 5.41) is 12.5. The lowest BCUT2D eigenvalue weighted by atomic mass is 10.1. The molecule has 2 aromatic rings. The highest BCUT2D eigenvalue weighted by Gasteiger charge is 2.12. The van der Waals surface area contributed by atoms with Crippen LogP contribution in [0.2, 0.25) is 0 Å². The van der Waals surface area contributed by atoms with Gasteiger partial charge in [-0.25, -0.2) is 15.8 Å². The van der Waals surface area contributed by atoms with Crippen LogP contribution in [0.1, 0.15) is 30.0 Å². The molecule has 0 unspecified atom stereocenters. The van der Waals surface area contributed by atoms with E-state index in [4.69, 9.17) is 5.84 Å². The molecule has 0 saturated carbocycles. The van der Waals surface area contributed by atoms with E-state index in [1.807, 2.05) is 25.1 Å². The Bertz CT molecular complexity index is 674. The Balaban J connectivity index is 2.45. The van der Waals surface area contributed by atoms with Gasteiger partial charge in [-0.3, -0.25) is 0 Å². The van der Waals surface area contributed by atoms with Gasteiger partial charge in [-0.15, -0.1) is 0 Å². The monoisotopic (exact) mass is 282 g/mol. The average molecular weight is 282 g/mol. The fourth-order valence-corrected chi connectivity index (χ4v) is 2.18. The normalized spacial score (nSPS) is 10.0. The molecular formula is C15H18N6. The number of nitrogens with zero attached hydrogens (tertiary/aromatic N) is 3. The number of hydrazine groups is 1. The maximum absolute atomic E-state index is 9.30. The smallest absolute Gasteiger partial charge is 0.148 e. The van der Waals surface area contributed by atoms with Gasteiger partial charge in [-0.2, -0.15) is 5.26 Å². The third-order valence-electron chi connectivity index (χ3n) is 3.22. The molecule has 0 radical (unpaired) electrons. The van der Waals surface area contributed by atoms with Crippen molar-refractivity contribution in [3.05, 3.63) is 41.2 Å². The lowest BCUT2D eigenvalue weighted by molar-refractivity contribution is 0.903. The van der Waals surface area contributed by atoms with Crippen LogP contribution in [0.25, 0.3) is 0 Å². The quantitative estimate of drug-likeness (QED) is 0.576. The molecular weight excluding hydrogens is 264 g/mol. The van der Waals surface area contributed by atoms with E-state index in [1.165, 1.54) is 6.33 Å². The van der Waals surface area contributed by atoms with Crippen molar-refractivity contribution in [3.8, 4) is 6.07 Å². The molecule has 0 aliphatic rings. The van der Waals surface area contributed by atoms with Crippen LogP contribution in [0, 0.1) is 18.3 Å². The molecule has 2 rings (SSSR count). The van der Waals surface area contributed by atoms with Gasteiger partial charge in [-0.1, -0.05) is 25.5 Å². The maximum Gasteiger partial charge on any atom is 0.148 e. The number of rotatable bonds is 5. The molecule has 6 nitrogen and oxygen atoms in total. The van der Waals surface area contributed by atoms with Crippen LogP contribution in [0.3, 0.4) is 0 Å². The Morgan fingerprint density at radius 2 is 2.05 bits per heavy atom. The van der Waals surface area contributed by atoms with Crippen molar-refractivity contribution in [3.63, 3.8) is 0 Å². The zero-order valence-electron chi connectivity index (χ0n) is 12.1. The van der Waals surface area contributed by atoms with Gasteiger partial charge in [0.15, 0.2) is 0 Å². The molecule has 1 heterocycles. The Morgan fingerprint density at radius 3 is 2.71 bits per heavy atom. The Kier molecular flexibility index (Phi) is 4.69. The van der Waals surface area contributed by atoms with E-state index >= 15 is 0 Å². The number of hydrogen-bond donors (Lipinski definition) is 3. The van der Waals surface area contributed by atoms with Gasteiger partial charge in [0.25, 0.3) is 0 Å². The van der Waals surface area contributed by atoms with E-state index in [0.717, 1.165) is 29.7 Å². The molecule has 0 spiro atoms. The summed E-state index contributed by atoms with van der Waals surface area (Å²) in [6, 6.07) is 7.89. The summed E-state index contributed by atoms with van der Waals surface area (Å²) in [7, 11) is 0. The highest BCUT2D eigenvalue weighted by molar-refractivity contribution is 5.70. The molecule has 1 aromatic carbocycles. The van der Waals surface area contributed by atoms with Crippen molar-refractivity contribution in [2.24, 2.45) is 5.84 Å². The zero-order valence-corrected chi connectivity index (χ0v) is 12.1. The maximum atomic E-state index is 9.30. The van der Waals surface area contributed by atoms with Gasteiger partial charge >= 0.3 is 0 Å². The third-order valence-corrected chi connectivity index (χ3v) is 3.22. The van der Waals surface area contributed by atoms with E-state index in [0.29, 0.717) is 17.2 Å². The number of nitriles is 1. The number of nitrogen functional groups attached to an aromatic ring is 1. The standard InChI is InChI=1S/C15H18N6/c1-3-5-11-14(18-9-19-15(11)21-17)20-13-7-4-6-10(2)12(13)8-16/h4,6-7,9H,3,5,17H2,1-2H3,(H2,18,19,20,21). The molecule has 0 atom stereocenters. The van der Waals surface area contributed by atoms with Gasteiger partial charge in [0, 0.05) is 5.56 Å². The summed E-state index contributed by atoms with van der Waals surface area (Å²) in [6.45, 7) is 3.98. The molecule has 0 aliphatic carbocycles. The number of benzene rings is 1. The number of nitrogens with one attached hydrogen (secondary N) is 2. The number of hydrogen-bond acceptors (Lipinski definition) is 6. The first kappa shape index (κ1) is 14.8. The van der Waals surface area contributed by atoms with Crippen molar-refractivity contribution in [2.45, 2.75) is 26.7 Å². The van der Waals surface area contributed by atoms with E-state index in [-0.39, 0.29) is 0 Å². The molecule has 21 heavy (non-hydrogen) atoms. The summed E-state index contributed by atoms with van der Waals surface area (Å²) in [6.07, 6.45) is 3.17. The lowest BCUT2D eigenvalue weighted by Gasteiger charge is -2.14. The molecule has 0 saturated heterocycles. The number of anilines is 3. The van der Waals surface area contributed by atoms with Crippen molar-refractivity contribution in [1.29, 1.82) is 5.26 Å². The summed E-state index contributed by atoms with van der Waals surface area (Å²) >= 11 is 0. The van der Waals surface area contributed by atoms with Crippen molar-refractivity contribution in [2.75, 3.05) is 10.7 Å². The number of aromatic nitrogens is 2. The van der Waals surface area contributed by atoms with Crippen molar-refractivity contribution in [1.82, 2.24) is 9.97 Å². The minimum atomic E-state index is 0.598. The van der Waals surface area contributed by atoms with Crippen LogP contribution in [0.15, 0.2) is 24.5 Å². The lowest BCUT2D eigenvalue weighted by Crippen LogP contribution is -2.13. The first-order valence-corrected chi connectivity index (χ1v) is 6.78. The number of nitrogens with two attached hydrogens (primary N) is 1. The first-order valence-electron chi connectivity index (χ1n) is 6.78. The summed E-state index contributed by atoms with van der Waals surface area (Å²) < 4.78 is 0. The van der Waals surface area contributed by atoms with Crippen LogP contribution < -0.4 is 16.6 Å². The molecule has 108 valence electrons. The summed E-state index contributed by atoms with van der Waals surface area (Å²) in [5.74, 6) is 6.77. The first-order chi connectivity index (χ1) is 10.2. The summed E-state index contributed by atoms with van der Waals surface area (Å²) in [4.78, 5) is 8.41. The predicted molar refractivity (Wildman–Crippen MR) is 83.0 cm³/mol. The molecule has 0 aliphatic heterocycles. The van der Waals surface area contributed by atoms with Crippen molar-refractivity contribution < 1.29 is 0 Å². The second kappa shape index (κ2) is 6.68. The average Bonchev–Trinajstić information content (AvgIpc) is 2.49. The van der Waals surface area contributed by atoms with Crippen molar-refractivity contribution >= 4 is 17.3 Å². The highest BCUT2D eigenvalue weighted by atomic mass is 15.3. The van der Waals surface area contributed by atoms with Gasteiger partial charge in [0.05, 0.1) is 11.3 Å². The van der Waals surface area contributed by atoms with E-state index in [1.54, 1.807) is 0 Å². The molecule has 0 amide bonds. The predicted octanol–water partition coefficient (Wildman–Crippen LogP) is 2.64. The van der Waals surface area contributed by atoms with Crippen LogP contribution in [0.5, 0.6) is 0 Å². The summed E-state index contributed by atoms with van der Waals surface area (Å²) in [5.41, 5.74) is 5.77. The van der Waals surface area contributed by atoms with Crippen LogP contribution in [0.4, 0.5) is 17.3 Å². The second-order valence-corrected chi connectivity index (χ2v) is 4.68. The van der Waals surface area contributed by atoms with Crippen LogP contribution >= 0.6 is 0 Å². The van der Waals surface area contributed by atoms with E-state index in [2.05, 4.69) is 33.7 Å². The molecule has 6 heteroatoms. The third kappa shape index (κ3) is 3.09. The minimum absolute atomic E-state index is 0.598. The second-order valence-electron chi connectivity index (χ2n) is 4.68. The fourth-order valence-electron chi connectivity index (χ4n) is 2.18. The van der Waals surface area contributed by atoms with Gasteiger partial charge < -0.3 is 10.7 Å². The molecule has 4 N–H and O–H groups in total. The SMILES string of the molecule is CCCc1c(NN)ncnc1Nc1cccc(C)c1C#N. The van der Waals surface area contributed by atoms with E-state index < -0.39 is 0 Å².